The van der Waals surface area contributed by atoms with Crippen LogP contribution in [-0.2, 0) is 12.8 Å². The van der Waals surface area contributed by atoms with Gasteiger partial charge in [-0.1, -0.05) is 6.07 Å². The van der Waals surface area contributed by atoms with Gasteiger partial charge in [-0.25, -0.2) is 4.98 Å². The standard InChI is InChI=1S/C19H26F2N4O2S.HI/c1-4-22-19(24-10-8-15-12-28-13(2)25-15)23-9-7-14-5-6-16(26-3)17(11-14)27-18(20)21;/h5-6,11-12,18H,4,7-10H2,1-3H3,(H2,22,23,24);1H. The number of nitrogens with one attached hydrogen (secondary N) is 2. The summed E-state index contributed by atoms with van der Waals surface area (Å²) in [6, 6.07) is 5.02. The summed E-state index contributed by atoms with van der Waals surface area (Å²) in [6.45, 7) is 3.07. The van der Waals surface area contributed by atoms with E-state index in [1.807, 2.05) is 25.3 Å². The molecule has 1 aromatic heterocycles. The molecule has 29 heavy (non-hydrogen) atoms. The third kappa shape index (κ3) is 9.11. The first-order chi connectivity index (χ1) is 13.5. The van der Waals surface area contributed by atoms with Crippen molar-refractivity contribution < 1.29 is 18.3 Å². The molecular weight excluding hydrogens is 513 g/mol. The lowest BCUT2D eigenvalue weighted by atomic mass is 10.1. The number of aromatic nitrogens is 1. The number of rotatable bonds is 10. The molecule has 1 aromatic carbocycles. The predicted molar refractivity (Wildman–Crippen MR) is 123 cm³/mol. The van der Waals surface area contributed by atoms with Crippen LogP contribution in [0.3, 0.4) is 0 Å². The Morgan fingerprint density at radius 1 is 1.24 bits per heavy atom. The summed E-state index contributed by atoms with van der Waals surface area (Å²) in [7, 11) is 1.42. The van der Waals surface area contributed by atoms with Crippen LogP contribution in [0.1, 0.15) is 23.2 Å². The van der Waals surface area contributed by atoms with Crippen LogP contribution in [0.4, 0.5) is 8.78 Å². The minimum absolute atomic E-state index is 0. The van der Waals surface area contributed by atoms with Gasteiger partial charge in [0.25, 0.3) is 0 Å². The van der Waals surface area contributed by atoms with Gasteiger partial charge in [-0.3, -0.25) is 4.99 Å². The summed E-state index contributed by atoms with van der Waals surface area (Å²) >= 11 is 1.64. The van der Waals surface area contributed by atoms with Gasteiger partial charge in [0.15, 0.2) is 17.5 Å². The first-order valence-corrected chi connectivity index (χ1v) is 9.94. The Bertz CT molecular complexity index is 774. The van der Waals surface area contributed by atoms with Crippen LogP contribution >= 0.6 is 35.3 Å². The molecule has 0 bridgehead atoms. The molecule has 0 radical (unpaired) electrons. The molecule has 0 saturated heterocycles. The van der Waals surface area contributed by atoms with Crippen LogP contribution in [0.15, 0.2) is 28.6 Å². The Kier molecular flexibility index (Phi) is 11.8. The molecule has 0 aliphatic rings. The summed E-state index contributed by atoms with van der Waals surface area (Å²) in [5, 5.41) is 9.55. The van der Waals surface area contributed by atoms with Gasteiger partial charge in [0.1, 0.15) is 0 Å². The fourth-order valence-corrected chi connectivity index (χ4v) is 3.18. The Morgan fingerprint density at radius 3 is 2.66 bits per heavy atom. The molecule has 10 heteroatoms. The molecule has 0 unspecified atom stereocenters. The molecule has 162 valence electrons. The van der Waals surface area contributed by atoms with Crippen LogP contribution in [0.2, 0.25) is 0 Å². The van der Waals surface area contributed by atoms with Crippen LogP contribution in [-0.4, -0.2) is 44.3 Å². The number of alkyl halides is 2. The summed E-state index contributed by atoms with van der Waals surface area (Å²) in [5.74, 6) is 1.03. The normalized spacial score (nSPS) is 11.2. The van der Waals surface area contributed by atoms with Crippen molar-refractivity contribution >= 4 is 41.3 Å². The topological polar surface area (TPSA) is 67.8 Å². The van der Waals surface area contributed by atoms with E-state index in [9.17, 15) is 8.78 Å². The summed E-state index contributed by atoms with van der Waals surface area (Å²) in [6.07, 6.45) is 1.41. The molecule has 0 atom stereocenters. The number of ether oxygens (including phenoxy) is 2. The van der Waals surface area contributed by atoms with E-state index in [1.165, 1.54) is 7.11 Å². The molecule has 2 aromatic rings. The summed E-state index contributed by atoms with van der Waals surface area (Å²) in [5.41, 5.74) is 1.91. The number of thiazole rings is 1. The van der Waals surface area contributed by atoms with Crippen LogP contribution < -0.4 is 20.1 Å². The molecule has 2 N–H and O–H groups in total. The smallest absolute Gasteiger partial charge is 0.387 e. The quantitative estimate of drug-likeness (QED) is 0.271. The Labute approximate surface area is 191 Å². The molecule has 1 heterocycles. The molecule has 0 aliphatic heterocycles. The van der Waals surface area contributed by atoms with Gasteiger partial charge >= 0.3 is 6.61 Å². The number of benzene rings is 1. The highest BCUT2D eigenvalue weighted by Gasteiger charge is 2.11. The van der Waals surface area contributed by atoms with E-state index in [-0.39, 0.29) is 35.5 Å². The van der Waals surface area contributed by atoms with Crippen LogP contribution in [0.25, 0.3) is 0 Å². The zero-order valence-electron chi connectivity index (χ0n) is 16.7. The first kappa shape index (κ1) is 25.3. The second kappa shape index (κ2) is 13.5. The maximum absolute atomic E-state index is 12.5. The summed E-state index contributed by atoms with van der Waals surface area (Å²) < 4.78 is 34.6. The van der Waals surface area contributed by atoms with E-state index >= 15 is 0 Å². The minimum atomic E-state index is -2.89. The second-order valence-electron chi connectivity index (χ2n) is 5.91. The van der Waals surface area contributed by atoms with Crippen molar-refractivity contribution in [3.8, 4) is 11.5 Å². The van der Waals surface area contributed by atoms with Crippen molar-refractivity contribution in [2.45, 2.75) is 33.3 Å². The third-order valence-electron chi connectivity index (χ3n) is 3.80. The number of aryl methyl sites for hydroxylation is 1. The van der Waals surface area contributed by atoms with E-state index in [1.54, 1.807) is 23.5 Å². The zero-order valence-corrected chi connectivity index (χ0v) is 19.9. The molecular formula is C19H27F2IN4O2S. The highest BCUT2D eigenvalue weighted by atomic mass is 127. The first-order valence-electron chi connectivity index (χ1n) is 9.06. The Hall–Kier alpha value is -1.69. The van der Waals surface area contributed by atoms with Crippen molar-refractivity contribution in [2.75, 3.05) is 26.7 Å². The van der Waals surface area contributed by atoms with E-state index in [0.717, 1.165) is 29.2 Å². The molecule has 0 saturated carbocycles. The monoisotopic (exact) mass is 540 g/mol. The van der Waals surface area contributed by atoms with Gasteiger partial charge in [0.05, 0.1) is 17.8 Å². The van der Waals surface area contributed by atoms with E-state index in [0.29, 0.717) is 25.5 Å². The number of hydrogen-bond donors (Lipinski definition) is 2. The molecule has 0 spiro atoms. The number of methoxy groups -OCH3 is 1. The molecule has 0 fully saturated rings. The summed E-state index contributed by atoms with van der Waals surface area (Å²) in [4.78, 5) is 8.98. The van der Waals surface area contributed by atoms with Crippen molar-refractivity contribution in [2.24, 2.45) is 4.99 Å². The van der Waals surface area contributed by atoms with Crippen molar-refractivity contribution in [1.82, 2.24) is 15.6 Å². The van der Waals surface area contributed by atoms with Crippen LogP contribution in [0.5, 0.6) is 11.5 Å². The fourth-order valence-electron chi connectivity index (χ4n) is 2.54. The predicted octanol–water partition coefficient (Wildman–Crippen LogP) is 4.02. The Balaban J connectivity index is 0.00000420. The lowest BCUT2D eigenvalue weighted by Crippen LogP contribution is -2.38. The number of guanidine groups is 1. The van der Waals surface area contributed by atoms with E-state index < -0.39 is 6.61 Å². The molecule has 0 amide bonds. The van der Waals surface area contributed by atoms with E-state index in [2.05, 4.69) is 25.3 Å². The van der Waals surface area contributed by atoms with Crippen molar-refractivity contribution in [3.05, 3.63) is 39.8 Å². The molecule has 0 aliphatic carbocycles. The third-order valence-corrected chi connectivity index (χ3v) is 4.62. The van der Waals surface area contributed by atoms with Crippen LogP contribution in [0, 0.1) is 6.92 Å². The average molecular weight is 540 g/mol. The van der Waals surface area contributed by atoms with Gasteiger partial charge in [0.2, 0.25) is 0 Å². The van der Waals surface area contributed by atoms with Gasteiger partial charge in [-0.05, 0) is 38.0 Å². The number of halogens is 3. The van der Waals surface area contributed by atoms with Crippen molar-refractivity contribution in [1.29, 1.82) is 0 Å². The van der Waals surface area contributed by atoms with Gasteiger partial charge < -0.3 is 20.1 Å². The Morgan fingerprint density at radius 2 is 2.03 bits per heavy atom. The van der Waals surface area contributed by atoms with E-state index in [4.69, 9.17) is 4.74 Å². The fraction of sp³-hybridized carbons (Fsp3) is 0.474. The highest BCUT2D eigenvalue weighted by Crippen LogP contribution is 2.29. The molecule has 2 rings (SSSR count). The maximum Gasteiger partial charge on any atom is 0.387 e. The largest absolute Gasteiger partial charge is 0.493 e. The number of aliphatic imine (C=N–C) groups is 1. The minimum Gasteiger partial charge on any atom is -0.493 e. The van der Waals surface area contributed by atoms with Gasteiger partial charge in [-0.15, -0.1) is 35.3 Å². The van der Waals surface area contributed by atoms with Gasteiger partial charge in [0, 0.05) is 31.4 Å². The van der Waals surface area contributed by atoms with Gasteiger partial charge in [-0.2, -0.15) is 8.78 Å². The zero-order chi connectivity index (χ0) is 20.4. The SMILES string of the molecule is CCNC(=NCCc1csc(C)n1)NCCc1ccc(OC)c(OC(F)F)c1.I. The second-order valence-corrected chi connectivity index (χ2v) is 6.97. The lowest BCUT2D eigenvalue weighted by molar-refractivity contribution is -0.0512. The number of hydrogen-bond acceptors (Lipinski definition) is 5. The lowest BCUT2D eigenvalue weighted by Gasteiger charge is -2.13. The highest BCUT2D eigenvalue weighted by molar-refractivity contribution is 14.0. The molecule has 6 nitrogen and oxygen atoms in total. The van der Waals surface area contributed by atoms with Crippen molar-refractivity contribution in [3.63, 3.8) is 0 Å². The maximum atomic E-state index is 12.5. The number of nitrogens with zero attached hydrogens (tertiary/aromatic N) is 2. The average Bonchev–Trinajstić information content (AvgIpc) is 3.06.